The second kappa shape index (κ2) is 9.38. The number of hydrogen-bond acceptors (Lipinski definition) is 2. The van der Waals surface area contributed by atoms with Crippen molar-refractivity contribution in [3.63, 3.8) is 0 Å². The minimum atomic E-state index is 0.116. The number of piperidine rings is 1. The summed E-state index contributed by atoms with van der Waals surface area (Å²) in [4.78, 5) is 2.57. The van der Waals surface area contributed by atoms with E-state index in [0.717, 1.165) is 17.5 Å². The first-order chi connectivity index (χ1) is 12.2. The van der Waals surface area contributed by atoms with E-state index in [-0.39, 0.29) is 6.10 Å². The molecule has 0 spiro atoms. The smallest absolute Gasteiger partial charge is 0.0947 e. The molecule has 2 aromatic carbocycles. The van der Waals surface area contributed by atoms with Gasteiger partial charge in [0.05, 0.1) is 6.10 Å². The molecule has 0 saturated carbocycles. The van der Waals surface area contributed by atoms with Crippen LogP contribution in [-0.2, 0) is 11.2 Å². The van der Waals surface area contributed by atoms with Crippen LogP contribution in [0, 0.1) is 5.92 Å². The number of halogens is 1. The highest BCUT2D eigenvalue weighted by atomic mass is 35.5. The van der Waals surface area contributed by atoms with E-state index in [0.29, 0.717) is 0 Å². The Morgan fingerprint density at radius 3 is 2.60 bits per heavy atom. The van der Waals surface area contributed by atoms with Crippen molar-refractivity contribution in [2.45, 2.75) is 31.8 Å². The van der Waals surface area contributed by atoms with Crippen LogP contribution in [0.2, 0.25) is 5.02 Å². The Bertz CT molecular complexity index is 628. The van der Waals surface area contributed by atoms with Gasteiger partial charge < -0.3 is 9.64 Å². The number of rotatable bonds is 7. The molecule has 3 heteroatoms. The fourth-order valence-corrected chi connectivity index (χ4v) is 3.92. The molecule has 0 amide bonds. The van der Waals surface area contributed by atoms with Crippen molar-refractivity contribution in [2.75, 3.05) is 26.7 Å². The number of aryl methyl sites for hydroxylation is 1. The molecule has 0 N–H and O–H groups in total. The molecule has 2 nitrogen and oxygen atoms in total. The number of methoxy groups -OCH3 is 1. The van der Waals surface area contributed by atoms with Gasteiger partial charge in [0, 0.05) is 25.2 Å². The summed E-state index contributed by atoms with van der Waals surface area (Å²) in [5.74, 6) is 0.789. The van der Waals surface area contributed by atoms with E-state index in [2.05, 4.69) is 47.4 Å². The Hall–Kier alpha value is -1.35. The van der Waals surface area contributed by atoms with Gasteiger partial charge in [0.2, 0.25) is 0 Å². The number of likely N-dealkylation sites (tertiary alicyclic amines) is 1. The Balaban J connectivity index is 1.52. The molecule has 2 atom stereocenters. The first kappa shape index (κ1) is 18.4. The second-order valence-corrected chi connectivity index (χ2v) is 7.50. The van der Waals surface area contributed by atoms with Gasteiger partial charge in [0.25, 0.3) is 0 Å². The minimum absolute atomic E-state index is 0.116. The molecule has 0 bridgehead atoms. The van der Waals surface area contributed by atoms with Crippen molar-refractivity contribution in [3.8, 4) is 0 Å². The fourth-order valence-electron chi connectivity index (χ4n) is 3.80. The maximum absolute atomic E-state index is 6.00. The monoisotopic (exact) mass is 357 g/mol. The lowest BCUT2D eigenvalue weighted by atomic mass is 9.91. The van der Waals surface area contributed by atoms with Crippen molar-refractivity contribution in [3.05, 3.63) is 70.7 Å². The molecule has 1 aliphatic rings. The molecule has 2 aromatic rings. The summed E-state index contributed by atoms with van der Waals surface area (Å²) in [6, 6.07) is 18.9. The molecule has 134 valence electrons. The second-order valence-electron chi connectivity index (χ2n) is 7.07. The van der Waals surface area contributed by atoms with Gasteiger partial charge in [-0.05, 0) is 61.4 Å². The summed E-state index contributed by atoms with van der Waals surface area (Å²) in [5, 5.41) is 0.776. The molecule has 1 aliphatic heterocycles. The average Bonchev–Trinajstić information content (AvgIpc) is 2.66. The van der Waals surface area contributed by atoms with Crippen molar-refractivity contribution >= 4 is 11.6 Å². The van der Waals surface area contributed by atoms with E-state index in [4.69, 9.17) is 16.3 Å². The van der Waals surface area contributed by atoms with Gasteiger partial charge >= 0.3 is 0 Å². The van der Waals surface area contributed by atoms with E-state index < -0.39 is 0 Å². The fraction of sp³-hybridized carbons (Fsp3) is 0.455. The first-order valence-corrected chi connectivity index (χ1v) is 9.67. The standard InChI is InChI=1S/C22H28ClNO/c1-25-22(20-11-13-21(23)14-12-20)17-24-15-5-8-19(16-24)10-9-18-6-3-2-4-7-18/h2-4,6-7,11-14,19,22H,5,8-10,15-17H2,1H3. The Labute approximate surface area is 156 Å². The first-order valence-electron chi connectivity index (χ1n) is 9.29. The molecule has 1 saturated heterocycles. The Kier molecular flexibility index (Phi) is 6.92. The van der Waals surface area contributed by atoms with Crippen LogP contribution >= 0.6 is 11.6 Å². The van der Waals surface area contributed by atoms with Crippen LogP contribution in [0.1, 0.15) is 36.5 Å². The molecule has 2 unspecified atom stereocenters. The number of ether oxygens (including phenoxy) is 1. The van der Waals surface area contributed by atoms with Gasteiger partial charge in [0.15, 0.2) is 0 Å². The topological polar surface area (TPSA) is 12.5 Å². The lowest BCUT2D eigenvalue weighted by Gasteiger charge is -2.35. The van der Waals surface area contributed by atoms with Crippen LogP contribution in [0.3, 0.4) is 0 Å². The third-order valence-electron chi connectivity index (χ3n) is 5.24. The van der Waals surface area contributed by atoms with Gasteiger partial charge in [-0.1, -0.05) is 54.1 Å². The molecule has 25 heavy (non-hydrogen) atoms. The zero-order valence-electron chi connectivity index (χ0n) is 15.0. The normalized spacial score (nSPS) is 19.7. The van der Waals surface area contributed by atoms with Gasteiger partial charge in [-0.2, -0.15) is 0 Å². The summed E-state index contributed by atoms with van der Waals surface area (Å²) in [6.45, 7) is 3.32. The van der Waals surface area contributed by atoms with Crippen LogP contribution in [0.4, 0.5) is 0 Å². The van der Waals surface area contributed by atoms with Crippen LogP contribution in [0.15, 0.2) is 54.6 Å². The average molecular weight is 358 g/mol. The molecule has 0 aromatic heterocycles. The van der Waals surface area contributed by atoms with Crippen LogP contribution in [0.5, 0.6) is 0 Å². The van der Waals surface area contributed by atoms with Gasteiger partial charge in [0.1, 0.15) is 0 Å². The van der Waals surface area contributed by atoms with Crippen molar-refractivity contribution in [2.24, 2.45) is 5.92 Å². The highest BCUT2D eigenvalue weighted by molar-refractivity contribution is 6.30. The maximum atomic E-state index is 6.00. The molecule has 0 radical (unpaired) electrons. The van der Waals surface area contributed by atoms with Gasteiger partial charge in [-0.3, -0.25) is 0 Å². The highest BCUT2D eigenvalue weighted by Gasteiger charge is 2.23. The molecular weight excluding hydrogens is 330 g/mol. The molecule has 3 rings (SSSR count). The predicted molar refractivity (Wildman–Crippen MR) is 105 cm³/mol. The van der Waals surface area contributed by atoms with Crippen molar-refractivity contribution in [1.82, 2.24) is 4.90 Å². The van der Waals surface area contributed by atoms with Gasteiger partial charge in [-0.25, -0.2) is 0 Å². The molecule has 1 fully saturated rings. The summed E-state index contributed by atoms with van der Waals surface area (Å²) in [6.07, 6.45) is 5.21. The highest BCUT2D eigenvalue weighted by Crippen LogP contribution is 2.25. The SMILES string of the molecule is COC(CN1CCCC(CCc2ccccc2)C1)c1ccc(Cl)cc1. The zero-order chi connectivity index (χ0) is 17.5. The quantitative estimate of drug-likeness (QED) is 0.660. The third kappa shape index (κ3) is 5.57. The van der Waals surface area contributed by atoms with E-state index in [1.807, 2.05) is 12.1 Å². The number of benzene rings is 2. The third-order valence-corrected chi connectivity index (χ3v) is 5.49. The summed E-state index contributed by atoms with van der Waals surface area (Å²) in [5.41, 5.74) is 2.66. The summed E-state index contributed by atoms with van der Waals surface area (Å²) < 4.78 is 5.76. The predicted octanol–water partition coefficient (Wildman–Crippen LogP) is 5.37. The zero-order valence-corrected chi connectivity index (χ0v) is 15.8. The summed E-state index contributed by atoms with van der Waals surface area (Å²) >= 11 is 6.00. The molecular formula is C22H28ClNO. The van der Waals surface area contributed by atoms with Crippen molar-refractivity contribution < 1.29 is 4.74 Å². The van der Waals surface area contributed by atoms with Crippen LogP contribution in [0.25, 0.3) is 0 Å². The lowest BCUT2D eigenvalue weighted by molar-refractivity contribution is 0.0465. The van der Waals surface area contributed by atoms with Gasteiger partial charge in [-0.15, -0.1) is 0 Å². The minimum Gasteiger partial charge on any atom is -0.375 e. The molecule has 1 heterocycles. The summed E-state index contributed by atoms with van der Waals surface area (Å²) in [7, 11) is 1.80. The lowest BCUT2D eigenvalue weighted by Crippen LogP contribution is -2.38. The maximum Gasteiger partial charge on any atom is 0.0947 e. The largest absolute Gasteiger partial charge is 0.375 e. The van der Waals surface area contributed by atoms with Crippen LogP contribution < -0.4 is 0 Å². The Morgan fingerprint density at radius 2 is 1.88 bits per heavy atom. The van der Waals surface area contributed by atoms with Crippen LogP contribution in [-0.4, -0.2) is 31.6 Å². The number of nitrogens with zero attached hydrogens (tertiary/aromatic N) is 1. The number of hydrogen-bond donors (Lipinski definition) is 0. The van der Waals surface area contributed by atoms with E-state index in [1.165, 1.54) is 49.9 Å². The molecule has 0 aliphatic carbocycles. The van der Waals surface area contributed by atoms with E-state index in [9.17, 15) is 0 Å². The van der Waals surface area contributed by atoms with E-state index in [1.54, 1.807) is 7.11 Å². The van der Waals surface area contributed by atoms with E-state index >= 15 is 0 Å². The van der Waals surface area contributed by atoms with Crippen molar-refractivity contribution in [1.29, 1.82) is 0 Å². The Morgan fingerprint density at radius 1 is 1.12 bits per heavy atom.